The smallest absolute Gasteiger partial charge is 0.315 e. The first-order chi connectivity index (χ1) is 18.9. The average molecular weight is 605 g/mol. The van der Waals surface area contributed by atoms with E-state index >= 15 is 0 Å². The monoisotopic (exact) mass is 603 g/mol. The second-order valence-electron chi connectivity index (χ2n) is 11.5. The number of carbonyl (C=O) groups is 2. The van der Waals surface area contributed by atoms with Crippen LogP contribution in [0.1, 0.15) is 62.5 Å². The van der Waals surface area contributed by atoms with Gasteiger partial charge in [0.25, 0.3) is 5.91 Å². The van der Waals surface area contributed by atoms with Crippen molar-refractivity contribution in [2.24, 2.45) is 11.8 Å². The molecule has 0 aliphatic heterocycles. The van der Waals surface area contributed by atoms with Crippen LogP contribution in [0.25, 0.3) is 16.9 Å². The van der Waals surface area contributed by atoms with Crippen LogP contribution in [0.15, 0.2) is 42.5 Å². The maximum absolute atomic E-state index is 13.4. The predicted molar refractivity (Wildman–Crippen MR) is 163 cm³/mol. The van der Waals surface area contributed by atoms with E-state index in [1.54, 1.807) is 35.0 Å². The number of urea groups is 1. The molecule has 0 atom stereocenters. The number of halogens is 3. The molecule has 1 aromatic heterocycles. The molecule has 1 fully saturated rings. The van der Waals surface area contributed by atoms with Gasteiger partial charge < -0.3 is 16.0 Å². The molecule has 3 N–H and O–H groups in total. The Bertz CT molecular complexity index is 1360. The van der Waals surface area contributed by atoms with Gasteiger partial charge in [-0.15, -0.1) is 0 Å². The van der Waals surface area contributed by atoms with Gasteiger partial charge in [0, 0.05) is 39.8 Å². The summed E-state index contributed by atoms with van der Waals surface area (Å²) in [4.78, 5) is 25.4. The summed E-state index contributed by atoms with van der Waals surface area (Å²) in [5.74, 6) is 0.605. The Labute approximate surface area is 251 Å². The number of nitrogens with zero attached hydrogens (tertiary/aromatic N) is 2. The molecule has 3 aromatic rings. The zero-order valence-corrected chi connectivity index (χ0v) is 25.6. The van der Waals surface area contributed by atoms with Gasteiger partial charge in [0.05, 0.1) is 16.4 Å². The molecule has 1 aliphatic rings. The van der Waals surface area contributed by atoms with E-state index in [0.29, 0.717) is 51.4 Å². The number of benzene rings is 2. The van der Waals surface area contributed by atoms with Gasteiger partial charge in [-0.25, -0.2) is 9.48 Å². The number of aromatic nitrogens is 2. The molecule has 2 aromatic carbocycles. The van der Waals surface area contributed by atoms with Crippen LogP contribution < -0.4 is 16.0 Å². The number of amides is 3. The SMILES string of the molecule is Cc1c(C(=O)NCC2CCC(CNC(=O)NC(C)(C)C)CC2)nn(-c2ccc(Cl)cc2Cl)c1-c1ccc(Cl)cc1. The van der Waals surface area contributed by atoms with E-state index in [4.69, 9.17) is 39.9 Å². The van der Waals surface area contributed by atoms with E-state index in [9.17, 15) is 9.59 Å². The lowest BCUT2D eigenvalue weighted by Crippen LogP contribution is -2.47. The van der Waals surface area contributed by atoms with Crippen LogP contribution in [0.3, 0.4) is 0 Å². The van der Waals surface area contributed by atoms with E-state index in [2.05, 4.69) is 16.0 Å². The fourth-order valence-corrected chi connectivity index (χ4v) is 5.68. The molecule has 4 rings (SSSR count). The second kappa shape index (κ2) is 12.8. The molecule has 0 bridgehead atoms. The molecule has 1 saturated carbocycles. The van der Waals surface area contributed by atoms with E-state index in [1.165, 1.54) is 0 Å². The van der Waals surface area contributed by atoms with Crippen molar-refractivity contribution in [3.05, 3.63) is 68.8 Å². The molecular formula is C30H36Cl3N5O2. The Morgan fingerprint density at radius 2 is 1.48 bits per heavy atom. The summed E-state index contributed by atoms with van der Waals surface area (Å²) in [6.45, 7) is 9.02. The highest BCUT2D eigenvalue weighted by Gasteiger charge is 2.26. The van der Waals surface area contributed by atoms with Crippen molar-refractivity contribution in [3.63, 3.8) is 0 Å². The summed E-state index contributed by atoms with van der Waals surface area (Å²) in [6.07, 6.45) is 4.02. The van der Waals surface area contributed by atoms with E-state index < -0.39 is 0 Å². The second-order valence-corrected chi connectivity index (χ2v) is 12.8. The number of nitrogens with one attached hydrogen (secondary N) is 3. The summed E-state index contributed by atoms with van der Waals surface area (Å²) in [7, 11) is 0. The van der Waals surface area contributed by atoms with E-state index in [-0.39, 0.29) is 17.5 Å². The molecule has 7 nitrogen and oxygen atoms in total. The molecule has 40 heavy (non-hydrogen) atoms. The first-order valence-electron chi connectivity index (χ1n) is 13.6. The van der Waals surface area contributed by atoms with Crippen molar-refractivity contribution in [3.8, 4) is 16.9 Å². The van der Waals surface area contributed by atoms with Gasteiger partial charge in [-0.3, -0.25) is 4.79 Å². The summed E-state index contributed by atoms with van der Waals surface area (Å²) in [5.41, 5.74) is 3.08. The molecule has 3 amide bonds. The third-order valence-electron chi connectivity index (χ3n) is 7.15. The largest absolute Gasteiger partial charge is 0.350 e. The van der Waals surface area contributed by atoms with Crippen molar-refractivity contribution in [1.82, 2.24) is 25.7 Å². The summed E-state index contributed by atoms with van der Waals surface area (Å²) < 4.78 is 1.69. The maximum Gasteiger partial charge on any atom is 0.315 e. The summed E-state index contributed by atoms with van der Waals surface area (Å²) in [5, 5.41) is 15.3. The number of rotatable bonds is 7. The number of hydrogen-bond donors (Lipinski definition) is 3. The van der Waals surface area contributed by atoms with E-state index in [1.807, 2.05) is 39.8 Å². The molecule has 1 heterocycles. The van der Waals surface area contributed by atoms with Crippen LogP contribution in [-0.4, -0.2) is 40.3 Å². The zero-order valence-electron chi connectivity index (χ0n) is 23.3. The molecule has 1 aliphatic carbocycles. The number of carbonyl (C=O) groups excluding carboxylic acids is 2. The molecule has 0 radical (unpaired) electrons. The summed E-state index contributed by atoms with van der Waals surface area (Å²) in [6, 6.07) is 12.5. The van der Waals surface area contributed by atoms with Crippen LogP contribution >= 0.6 is 34.8 Å². The van der Waals surface area contributed by atoms with Gasteiger partial charge in [-0.2, -0.15) is 5.10 Å². The fraction of sp³-hybridized carbons (Fsp3) is 0.433. The predicted octanol–water partition coefficient (Wildman–Crippen LogP) is 7.44. The Morgan fingerprint density at radius 1 is 0.900 bits per heavy atom. The highest BCUT2D eigenvalue weighted by Crippen LogP contribution is 2.33. The maximum atomic E-state index is 13.4. The van der Waals surface area contributed by atoms with Crippen LogP contribution in [0.4, 0.5) is 4.79 Å². The molecular weight excluding hydrogens is 569 g/mol. The van der Waals surface area contributed by atoms with Crippen LogP contribution in [-0.2, 0) is 0 Å². The molecule has 214 valence electrons. The first kappa shape index (κ1) is 30.2. The van der Waals surface area contributed by atoms with Crippen molar-refractivity contribution in [1.29, 1.82) is 0 Å². The topological polar surface area (TPSA) is 88.1 Å². The zero-order chi connectivity index (χ0) is 29.0. The van der Waals surface area contributed by atoms with Crippen LogP contribution in [0.2, 0.25) is 15.1 Å². The van der Waals surface area contributed by atoms with Gasteiger partial charge in [0.2, 0.25) is 0 Å². The standard InChI is InChI=1S/C30H36Cl3N5O2/c1-18-26(28(39)34-16-19-5-7-20(8-6-19)17-35-29(40)36-30(2,3)4)37-38(25-14-13-23(32)15-24(25)33)27(18)21-9-11-22(31)12-10-21/h9-15,19-20H,5-8,16-17H2,1-4H3,(H,34,39)(H2,35,36,40). The van der Waals surface area contributed by atoms with Gasteiger partial charge >= 0.3 is 6.03 Å². The fourth-order valence-electron chi connectivity index (χ4n) is 5.07. The van der Waals surface area contributed by atoms with Gasteiger partial charge in [0.15, 0.2) is 5.69 Å². The Hall–Kier alpha value is -2.74. The third-order valence-corrected chi connectivity index (χ3v) is 7.94. The lowest BCUT2D eigenvalue weighted by atomic mass is 9.82. The van der Waals surface area contributed by atoms with Gasteiger partial charge in [0.1, 0.15) is 0 Å². The minimum absolute atomic E-state index is 0.130. The quantitative estimate of drug-likeness (QED) is 0.262. The average Bonchev–Trinajstić information content (AvgIpc) is 3.23. The molecule has 0 saturated heterocycles. The van der Waals surface area contributed by atoms with Gasteiger partial charge in [-0.1, -0.05) is 46.9 Å². The first-order valence-corrected chi connectivity index (χ1v) is 14.7. The molecule has 0 spiro atoms. The highest BCUT2D eigenvalue weighted by molar-refractivity contribution is 6.35. The minimum atomic E-state index is -0.259. The normalized spacial score (nSPS) is 17.4. The van der Waals surface area contributed by atoms with Crippen molar-refractivity contribution < 1.29 is 9.59 Å². The Balaban J connectivity index is 1.42. The van der Waals surface area contributed by atoms with E-state index in [0.717, 1.165) is 42.5 Å². The van der Waals surface area contributed by atoms with Crippen molar-refractivity contribution in [2.75, 3.05) is 13.1 Å². The van der Waals surface area contributed by atoms with Crippen molar-refractivity contribution in [2.45, 2.75) is 58.9 Å². The Kier molecular flexibility index (Phi) is 9.70. The Morgan fingerprint density at radius 3 is 2.05 bits per heavy atom. The van der Waals surface area contributed by atoms with Crippen LogP contribution in [0.5, 0.6) is 0 Å². The number of hydrogen-bond acceptors (Lipinski definition) is 3. The highest BCUT2D eigenvalue weighted by atomic mass is 35.5. The third kappa shape index (κ3) is 7.71. The lowest BCUT2D eigenvalue weighted by molar-refractivity contribution is 0.0935. The summed E-state index contributed by atoms with van der Waals surface area (Å²) >= 11 is 18.8. The molecule has 10 heteroatoms. The van der Waals surface area contributed by atoms with Gasteiger partial charge in [-0.05, 0) is 95.5 Å². The minimum Gasteiger partial charge on any atom is -0.350 e. The lowest BCUT2D eigenvalue weighted by Gasteiger charge is -2.29. The molecule has 0 unspecified atom stereocenters. The van der Waals surface area contributed by atoms with Crippen LogP contribution in [0, 0.1) is 18.8 Å². The van der Waals surface area contributed by atoms with Crippen molar-refractivity contribution >= 4 is 46.7 Å².